The second kappa shape index (κ2) is 5.10. The number of hydrogen-bond donors (Lipinski definition) is 1. The van der Waals surface area contributed by atoms with E-state index in [1.165, 1.54) is 6.20 Å². The number of ether oxygens (including phenoxy) is 1. The molecule has 4 heteroatoms. The van der Waals surface area contributed by atoms with E-state index in [0.717, 1.165) is 31.7 Å². The highest BCUT2D eigenvalue weighted by Crippen LogP contribution is 2.53. The molecule has 1 aliphatic carbocycles. The molecule has 0 aromatic carbocycles. The average molecular weight is 238 g/mol. The van der Waals surface area contributed by atoms with E-state index in [9.17, 15) is 4.39 Å². The lowest BCUT2D eigenvalue weighted by Gasteiger charge is -2.12. The number of aromatic nitrogens is 1. The summed E-state index contributed by atoms with van der Waals surface area (Å²) in [5.74, 6) is 0.324. The number of hydrogen-bond acceptors (Lipinski definition) is 3. The average Bonchev–Trinajstić information content (AvgIpc) is 2.98. The summed E-state index contributed by atoms with van der Waals surface area (Å²) in [6, 6.07) is 1.60. The Kier molecular flexibility index (Phi) is 3.74. The van der Waals surface area contributed by atoms with Crippen molar-refractivity contribution in [3.63, 3.8) is 0 Å². The molecule has 1 fully saturated rings. The Morgan fingerprint density at radius 3 is 3.12 bits per heavy atom. The summed E-state index contributed by atoms with van der Waals surface area (Å²) in [5, 5.41) is 3.35. The van der Waals surface area contributed by atoms with E-state index >= 15 is 0 Å². The van der Waals surface area contributed by atoms with Gasteiger partial charge < -0.3 is 10.1 Å². The number of nitrogens with one attached hydrogen (secondary N) is 1. The number of rotatable bonds is 6. The van der Waals surface area contributed by atoms with Crippen molar-refractivity contribution in [2.24, 2.45) is 5.92 Å². The maximum absolute atomic E-state index is 13.1. The molecule has 0 radical (unpaired) electrons. The van der Waals surface area contributed by atoms with E-state index in [1.807, 2.05) is 0 Å². The first-order valence-corrected chi connectivity index (χ1v) is 5.97. The van der Waals surface area contributed by atoms with Crippen LogP contribution < -0.4 is 5.32 Å². The van der Waals surface area contributed by atoms with Gasteiger partial charge in [-0.25, -0.2) is 4.39 Å². The highest BCUT2D eigenvalue weighted by atomic mass is 19.1. The fourth-order valence-corrected chi connectivity index (χ4v) is 2.28. The molecule has 94 valence electrons. The van der Waals surface area contributed by atoms with Gasteiger partial charge in [-0.2, -0.15) is 0 Å². The molecular formula is C13H19FN2O. The van der Waals surface area contributed by atoms with Crippen molar-refractivity contribution >= 4 is 0 Å². The van der Waals surface area contributed by atoms with Gasteiger partial charge in [-0.05, 0) is 35.9 Å². The van der Waals surface area contributed by atoms with Crippen LogP contribution in [-0.4, -0.2) is 31.8 Å². The van der Waals surface area contributed by atoms with E-state index in [0.29, 0.717) is 5.92 Å². The Morgan fingerprint density at radius 2 is 2.41 bits per heavy atom. The third kappa shape index (κ3) is 2.82. The molecule has 0 amide bonds. The van der Waals surface area contributed by atoms with Gasteiger partial charge >= 0.3 is 0 Å². The molecule has 0 spiro atoms. The van der Waals surface area contributed by atoms with Crippen molar-refractivity contribution in [1.29, 1.82) is 0 Å². The minimum Gasteiger partial charge on any atom is -0.383 e. The van der Waals surface area contributed by atoms with Crippen molar-refractivity contribution in [1.82, 2.24) is 10.3 Å². The predicted molar refractivity (Wildman–Crippen MR) is 64.4 cm³/mol. The van der Waals surface area contributed by atoms with Gasteiger partial charge in [0.15, 0.2) is 0 Å². The molecule has 0 bridgehead atoms. The van der Waals surface area contributed by atoms with E-state index in [2.05, 4.69) is 17.2 Å². The van der Waals surface area contributed by atoms with Gasteiger partial charge in [-0.1, -0.05) is 6.92 Å². The van der Waals surface area contributed by atoms with Crippen LogP contribution >= 0.6 is 0 Å². The lowest BCUT2D eigenvalue weighted by molar-refractivity contribution is 0.199. The molecule has 0 saturated heterocycles. The Morgan fingerprint density at radius 1 is 1.59 bits per heavy atom. The van der Waals surface area contributed by atoms with E-state index < -0.39 is 0 Å². The maximum atomic E-state index is 13.1. The Bertz CT molecular complexity index is 385. The Balaban J connectivity index is 1.86. The quantitative estimate of drug-likeness (QED) is 0.766. The lowest BCUT2D eigenvalue weighted by Crippen LogP contribution is -2.24. The third-order valence-electron chi connectivity index (χ3n) is 3.65. The molecule has 17 heavy (non-hydrogen) atoms. The largest absolute Gasteiger partial charge is 0.383 e. The van der Waals surface area contributed by atoms with Crippen LogP contribution in [-0.2, 0) is 10.2 Å². The molecule has 3 nitrogen and oxygen atoms in total. The summed E-state index contributed by atoms with van der Waals surface area (Å²) >= 11 is 0. The van der Waals surface area contributed by atoms with Crippen LogP contribution in [0.15, 0.2) is 18.5 Å². The normalized spacial score (nSPS) is 27.1. The van der Waals surface area contributed by atoms with Crippen molar-refractivity contribution in [3.8, 4) is 0 Å². The van der Waals surface area contributed by atoms with Crippen LogP contribution in [0.4, 0.5) is 4.39 Å². The lowest BCUT2D eigenvalue weighted by atomic mass is 9.97. The number of halogens is 1. The first kappa shape index (κ1) is 12.5. The third-order valence-corrected chi connectivity index (χ3v) is 3.65. The molecule has 1 N–H and O–H groups in total. The van der Waals surface area contributed by atoms with Crippen LogP contribution in [0.5, 0.6) is 0 Å². The monoisotopic (exact) mass is 238 g/mol. The summed E-state index contributed by atoms with van der Waals surface area (Å²) in [5.41, 5.74) is 1.10. The molecular weight excluding hydrogens is 219 g/mol. The van der Waals surface area contributed by atoms with Crippen molar-refractivity contribution < 1.29 is 9.13 Å². The van der Waals surface area contributed by atoms with Crippen LogP contribution in [0, 0.1) is 11.7 Å². The zero-order chi connectivity index (χ0) is 12.3. The summed E-state index contributed by atoms with van der Waals surface area (Å²) in [6.07, 6.45) is 4.12. The predicted octanol–water partition coefficient (Wildman–Crippen LogP) is 1.73. The van der Waals surface area contributed by atoms with Crippen LogP contribution in [0.25, 0.3) is 0 Å². The second-order valence-corrected chi connectivity index (χ2v) is 4.91. The minimum atomic E-state index is -0.248. The SMILES string of the molecule is COCCNCC1CC1(C)c1cncc(F)c1. The standard InChI is InChI=1S/C13H19FN2O/c1-13(10-5-12(14)9-16-7-10)6-11(13)8-15-3-4-17-2/h5,7,9,11,15H,3-4,6,8H2,1-2H3. The fourth-order valence-electron chi connectivity index (χ4n) is 2.28. The molecule has 1 aliphatic rings. The van der Waals surface area contributed by atoms with Gasteiger partial charge in [0.1, 0.15) is 5.82 Å². The molecule has 1 saturated carbocycles. The topological polar surface area (TPSA) is 34.1 Å². The fraction of sp³-hybridized carbons (Fsp3) is 0.615. The molecule has 2 unspecified atom stereocenters. The van der Waals surface area contributed by atoms with Crippen molar-refractivity contribution in [2.75, 3.05) is 26.8 Å². The molecule has 2 atom stereocenters. The molecule has 1 aromatic heterocycles. The second-order valence-electron chi connectivity index (χ2n) is 4.91. The molecule has 1 heterocycles. The van der Waals surface area contributed by atoms with E-state index in [-0.39, 0.29) is 11.2 Å². The maximum Gasteiger partial charge on any atom is 0.141 e. The Hall–Kier alpha value is -1.00. The van der Waals surface area contributed by atoms with Crippen LogP contribution in [0.1, 0.15) is 18.9 Å². The minimum absolute atomic E-state index is 0.0924. The van der Waals surface area contributed by atoms with Crippen molar-refractivity contribution in [2.45, 2.75) is 18.8 Å². The molecule has 2 rings (SSSR count). The summed E-state index contributed by atoms with van der Waals surface area (Å²) in [7, 11) is 1.70. The van der Waals surface area contributed by atoms with E-state index in [4.69, 9.17) is 4.74 Å². The zero-order valence-corrected chi connectivity index (χ0v) is 10.4. The first-order chi connectivity index (χ1) is 8.16. The smallest absolute Gasteiger partial charge is 0.141 e. The molecule has 1 aromatic rings. The molecule has 0 aliphatic heterocycles. The summed E-state index contributed by atoms with van der Waals surface area (Å²) < 4.78 is 18.1. The van der Waals surface area contributed by atoms with Crippen molar-refractivity contribution in [3.05, 3.63) is 29.8 Å². The van der Waals surface area contributed by atoms with Crippen LogP contribution in [0.3, 0.4) is 0 Å². The van der Waals surface area contributed by atoms with Gasteiger partial charge in [0.05, 0.1) is 12.8 Å². The van der Waals surface area contributed by atoms with Gasteiger partial charge in [0.2, 0.25) is 0 Å². The van der Waals surface area contributed by atoms with Gasteiger partial charge in [-0.15, -0.1) is 0 Å². The Labute approximate surface area is 101 Å². The highest BCUT2D eigenvalue weighted by Gasteiger charge is 2.50. The van der Waals surface area contributed by atoms with Gasteiger partial charge in [0, 0.05) is 19.9 Å². The summed E-state index contributed by atoms with van der Waals surface area (Å²) in [4.78, 5) is 3.92. The number of nitrogens with zero attached hydrogens (tertiary/aromatic N) is 1. The van der Waals surface area contributed by atoms with Crippen LogP contribution in [0.2, 0.25) is 0 Å². The van der Waals surface area contributed by atoms with Gasteiger partial charge in [0.25, 0.3) is 0 Å². The van der Waals surface area contributed by atoms with E-state index in [1.54, 1.807) is 19.4 Å². The highest BCUT2D eigenvalue weighted by molar-refractivity contribution is 5.30. The zero-order valence-electron chi connectivity index (χ0n) is 10.4. The first-order valence-electron chi connectivity index (χ1n) is 5.97. The van der Waals surface area contributed by atoms with Gasteiger partial charge in [-0.3, -0.25) is 4.98 Å². The number of pyridine rings is 1. The number of methoxy groups -OCH3 is 1. The summed E-state index contributed by atoms with van der Waals surface area (Å²) in [6.45, 7) is 4.72.